The highest BCUT2D eigenvalue weighted by molar-refractivity contribution is 6.35. The number of amides is 1. The molecule has 0 aliphatic carbocycles. The van der Waals surface area contributed by atoms with Gasteiger partial charge in [0.25, 0.3) is 0 Å². The quantitative estimate of drug-likeness (QED) is 0.465. The van der Waals surface area contributed by atoms with Gasteiger partial charge < -0.3 is 29.4 Å². The van der Waals surface area contributed by atoms with Crippen molar-refractivity contribution in [3.8, 4) is 5.88 Å². The molecule has 3 aromatic heterocycles. The predicted octanol–water partition coefficient (Wildman–Crippen LogP) is 2.55. The average molecular weight is 488 g/mol. The molecule has 0 unspecified atom stereocenters. The van der Waals surface area contributed by atoms with Crippen LogP contribution in [0.3, 0.4) is 0 Å². The number of ether oxygens (including phenoxy) is 3. The monoisotopic (exact) mass is 487 g/mol. The number of H-pyrrole nitrogens is 1. The Balaban J connectivity index is 1.34. The van der Waals surface area contributed by atoms with Gasteiger partial charge in [-0.2, -0.15) is 15.1 Å². The molecule has 0 spiro atoms. The molecule has 34 heavy (non-hydrogen) atoms. The van der Waals surface area contributed by atoms with Gasteiger partial charge in [-0.3, -0.25) is 9.48 Å². The highest BCUT2D eigenvalue weighted by Crippen LogP contribution is 2.32. The van der Waals surface area contributed by atoms with Gasteiger partial charge >= 0.3 is 0 Å². The van der Waals surface area contributed by atoms with Crippen LogP contribution in [0.2, 0.25) is 5.02 Å². The minimum absolute atomic E-state index is 0.0279. The second-order valence-corrected chi connectivity index (χ2v) is 8.76. The third-order valence-corrected chi connectivity index (χ3v) is 6.49. The summed E-state index contributed by atoms with van der Waals surface area (Å²) in [7, 11) is 1.63. The molecular weight excluding hydrogens is 462 g/mol. The molecular formula is C22H26ClN7O4. The van der Waals surface area contributed by atoms with E-state index in [1.54, 1.807) is 24.4 Å². The van der Waals surface area contributed by atoms with E-state index in [1.165, 1.54) is 6.08 Å². The first-order valence-corrected chi connectivity index (χ1v) is 11.4. The van der Waals surface area contributed by atoms with E-state index in [4.69, 9.17) is 25.8 Å². The van der Waals surface area contributed by atoms with Gasteiger partial charge in [-0.25, -0.2) is 0 Å². The number of hydrogen-bond acceptors (Lipinski definition) is 8. The number of anilines is 2. The molecule has 5 heterocycles. The maximum atomic E-state index is 12.0. The van der Waals surface area contributed by atoms with Crippen molar-refractivity contribution in [2.45, 2.75) is 18.6 Å². The van der Waals surface area contributed by atoms with Crippen LogP contribution >= 0.6 is 11.6 Å². The lowest BCUT2D eigenvalue weighted by Crippen LogP contribution is -2.28. The second-order valence-electron chi connectivity index (χ2n) is 8.36. The van der Waals surface area contributed by atoms with Crippen LogP contribution in [0.15, 0.2) is 31.2 Å². The van der Waals surface area contributed by atoms with Crippen molar-refractivity contribution in [2.24, 2.45) is 5.92 Å². The fourth-order valence-electron chi connectivity index (χ4n) is 4.35. The normalized spacial score (nSPS) is 22.4. The molecule has 3 atom stereocenters. The Morgan fingerprint density at radius 1 is 1.44 bits per heavy atom. The van der Waals surface area contributed by atoms with Crippen LogP contribution in [0.1, 0.15) is 12.5 Å². The summed E-state index contributed by atoms with van der Waals surface area (Å²) in [6.45, 7) is 6.25. The molecule has 1 amide bonds. The molecule has 2 fully saturated rings. The van der Waals surface area contributed by atoms with Crippen LogP contribution < -0.4 is 10.1 Å². The lowest BCUT2D eigenvalue weighted by atomic mass is 10.1. The first-order valence-electron chi connectivity index (χ1n) is 11.1. The Morgan fingerprint density at radius 3 is 3.09 bits per heavy atom. The zero-order valence-electron chi connectivity index (χ0n) is 18.7. The molecule has 180 valence electrons. The van der Waals surface area contributed by atoms with E-state index in [0.717, 1.165) is 18.7 Å². The molecule has 0 radical (unpaired) electrons. The van der Waals surface area contributed by atoms with Crippen molar-refractivity contribution < 1.29 is 19.0 Å². The summed E-state index contributed by atoms with van der Waals surface area (Å²) in [5.41, 5.74) is 1.30. The van der Waals surface area contributed by atoms with Crippen molar-refractivity contribution in [3.63, 3.8) is 0 Å². The fourth-order valence-corrected chi connectivity index (χ4v) is 4.57. The lowest BCUT2D eigenvalue weighted by Gasteiger charge is -2.17. The Labute approximate surface area is 201 Å². The minimum Gasteiger partial charge on any atom is -0.477 e. The third kappa shape index (κ3) is 4.46. The minimum atomic E-state index is -0.147. The van der Waals surface area contributed by atoms with E-state index >= 15 is 0 Å². The Kier molecular flexibility index (Phi) is 6.40. The molecule has 5 rings (SSSR count). The van der Waals surface area contributed by atoms with Crippen molar-refractivity contribution >= 4 is 40.2 Å². The number of aromatic nitrogens is 5. The molecule has 3 aromatic rings. The zero-order valence-corrected chi connectivity index (χ0v) is 19.5. The predicted molar refractivity (Wildman–Crippen MR) is 125 cm³/mol. The van der Waals surface area contributed by atoms with E-state index in [9.17, 15) is 4.79 Å². The topological polar surface area (TPSA) is 119 Å². The van der Waals surface area contributed by atoms with Crippen LogP contribution in [-0.4, -0.2) is 81.7 Å². The number of hydrogen-bond donors (Lipinski definition) is 2. The van der Waals surface area contributed by atoms with Gasteiger partial charge in [0.2, 0.25) is 17.7 Å². The van der Waals surface area contributed by atoms with Gasteiger partial charge in [-0.05, 0) is 12.5 Å². The summed E-state index contributed by atoms with van der Waals surface area (Å²) in [6.07, 6.45) is 7.37. The van der Waals surface area contributed by atoms with E-state index in [2.05, 4.69) is 31.9 Å². The second kappa shape index (κ2) is 9.61. The van der Waals surface area contributed by atoms with Crippen molar-refractivity contribution in [1.29, 1.82) is 0 Å². The third-order valence-electron chi connectivity index (χ3n) is 6.19. The van der Waals surface area contributed by atoms with Crippen molar-refractivity contribution in [1.82, 2.24) is 29.6 Å². The van der Waals surface area contributed by atoms with Gasteiger partial charge in [0.1, 0.15) is 5.65 Å². The lowest BCUT2D eigenvalue weighted by molar-refractivity contribution is -0.125. The van der Waals surface area contributed by atoms with Gasteiger partial charge in [-0.15, -0.1) is 0 Å². The molecule has 2 aliphatic heterocycles. The van der Waals surface area contributed by atoms with E-state index in [1.807, 2.05) is 10.9 Å². The number of likely N-dealkylation sites (tertiary alicyclic amines) is 1. The Hall–Kier alpha value is -3.15. The van der Waals surface area contributed by atoms with E-state index in [-0.39, 0.29) is 24.0 Å². The largest absolute Gasteiger partial charge is 0.477 e. The van der Waals surface area contributed by atoms with Crippen LogP contribution in [0.25, 0.3) is 11.0 Å². The standard InChI is InChI=1S/C22H26ClN7O4/c1-3-18(31)29-8-13(17(10-29)32-2)11-34-21-19-16(23)7-24-20(19)27-22(28-21)26-14-6-25-30(9-14)15-4-5-33-12-15/h3,6-7,9,13,15,17H,1,4-5,8,10-12H2,2H3,(H2,24,26,27,28)/t13-,15+,17+/m1/s1. The van der Waals surface area contributed by atoms with Gasteiger partial charge in [0.05, 0.1) is 47.7 Å². The summed E-state index contributed by atoms with van der Waals surface area (Å²) in [5.74, 6) is 0.541. The molecule has 12 heteroatoms. The number of rotatable bonds is 8. The van der Waals surface area contributed by atoms with E-state index < -0.39 is 0 Å². The first kappa shape index (κ1) is 22.6. The summed E-state index contributed by atoms with van der Waals surface area (Å²) >= 11 is 6.38. The van der Waals surface area contributed by atoms with E-state index in [0.29, 0.717) is 54.2 Å². The van der Waals surface area contributed by atoms with Gasteiger partial charge in [-0.1, -0.05) is 18.2 Å². The number of methoxy groups -OCH3 is 1. The number of carbonyl (C=O) groups is 1. The zero-order chi connectivity index (χ0) is 23.7. The van der Waals surface area contributed by atoms with Crippen LogP contribution in [-0.2, 0) is 14.3 Å². The summed E-state index contributed by atoms with van der Waals surface area (Å²) < 4.78 is 19.0. The Bertz CT molecular complexity index is 1190. The summed E-state index contributed by atoms with van der Waals surface area (Å²) in [6, 6.07) is 0.229. The molecule has 2 aliphatic rings. The van der Waals surface area contributed by atoms with Crippen molar-refractivity contribution in [2.75, 3.05) is 45.3 Å². The number of fused-ring (bicyclic) bond motifs is 1. The van der Waals surface area contributed by atoms with Gasteiger partial charge in [0.15, 0.2) is 0 Å². The molecule has 0 aromatic carbocycles. The fraction of sp³-hybridized carbons (Fsp3) is 0.455. The number of carbonyl (C=O) groups excluding carboxylic acids is 1. The van der Waals surface area contributed by atoms with Crippen molar-refractivity contribution in [3.05, 3.63) is 36.3 Å². The van der Waals surface area contributed by atoms with Gasteiger partial charge in [0, 0.05) is 45.1 Å². The number of aromatic amines is 1. The van der Waals surface area contributed by atoms with Crippen LogP contribution in [0.4, 0.5) is 11.6 Å². The molecule has 2 N–H and O–H groups in total. The maximum Gasteiger partial charge on any atom is 0.246 e. The molecule has 0 saturated carbocycles. The number of nitrogens with zero attached hydrogens (tertiary/aromatic N) is 5. The Morgan fingerprint density at radius 2 is 2.32 bits per heavy atom. The van der Waals surface area contributed by atoms with Crippen LogP contribution in [0, 0.1) is 5.92 Å². The summed E-state index contributed by atoms with van der Waals surface area (Å²) in [5, 5.41) is 8.67. The maximum absolute atomic E-state index is 12.0. The average Bonchev–Trinajstić information content (AvgIpc) is 3.64. The SMILES string of the molecule is C=CC(=O)N1C[C@H](COc2nc(Nc3cnn([C@H]4CCOC4)c3)nc3[nH]cc(Cl)c23)[C@@H](OC)C1. The highest BCUT2D eigenvalue weighted by Gasteiger charge is 2.35. The highest BCUT2D eigenvalue weighted by atomic mass is 35.5. The molecule has 0 bridgehead atoms. The number of nitrogens with one attached hydrogen (secondary N) is 2. The van der Waals surface area contributed by atoms with Crippen LogP contribution in [0.5, 0.6) is 5.88 Å². The molecule has 11 nitrogen and oxygen atoms in total. The number of halogens is 1. The molecule has 2 saturated heterocycles. The smallest absolute Gasteiger partial charge is 0.246 e. The summed E-state index contributed by atoms with van der Waals surface area (Å²) in [4.78, 5) is 25.9. The first-order chi connectivity index (χ1) is 16.6.